The van der Waals surface area contributed by atoms with Gasteiger partial charge in [-0.1, -0.05) is 13.8 Å². The van der Waals surface area contributed by atoms with Gasteiger partial charge in [-0.15, -0.1) is 0 Å². The molecule has 1 N–H and O–H groups in total. The fraction of sp³-hybridized carbons (Fsp3) is 0.900. The Hall–Kier alpha value is -0.220. The molecule has 4 heteroatoms. The lowest BCUT2D eigenvalue weighted by Gasteiger charge is -2.29. The zero-order valence-electron chi connectivity index (χ0n) is 8.90. The Morgan fingerprint density at radius 1 is 1.64 bits per heavy atom. The molecule has 1 rings (SSSR count). The predicted octanol–water partition coefficient (Wildman–Crippen LogP) is 1.68. The lowest BCUT2D eigenvalue weighted by Crippen LogP contribution is -2.39. The molecule has 1 aliphatic heterocycles. The smallest absolute Gasteiger partial charge is 0.304 e. The summed E-state index contributed by atoms with van der Waals surface area (Å²) in [7, 11) is 0. The minimum Gasteiger partial charge on any atom is -0.481 e. The van der Waals surface area contributed by atoms with Crippen LogP contribution >= 0.6 is 11.8 Å². The highest BCUT2D eigenvalue weighted by atomic mass is 32.2. The van der Waals surface area contributed by atoms with Gasteiger partial charge in [0, 0.05) is 17.8 Å². The fourth-order valence-electron chi connectivity index (χ4n) is 2.00. The molecule has 0 aromatic carbocycles. The zero-order valence-corrected chi connectivity index (χ0v) is 9.72. The maximum atomic E-state index is 10.5. The molecule has 0 amide bonds. The number of thioether (sulfide) groups is 1. The lowest BCUT2D eigenvalue weighted by atomic mass is 10.1. The molecule has 3 nitrogen and oxygen atoms in total. The highest BCUT2D eigenvalue weighted by molar-refractivity contribution is 8.00. The maximum Gasteiger partial charge on any atom is 0.304 e. The highest BCUT2D eigenvalue weighted by Gasteiger charge is 2.28. The molecule has 0 saturated carbocycles. The topological polar surface area (TPSA) is 40.5 Å². The number of carboxylic acids is 1. The molecule has 82 valence electrons. The van der Waals surface area contributed by atoms with Gasteiger partial charge in [-0.05, 0) is 18.7 Å². The van der Waals surface area contributed by atoms with Crippen LogP contribution in [0.25, 0.3) is 0 Å². The van der Waals surface area contributed by atoms with Crippen molar-refractivity contribution in [2.24, 2.45) is 0 Å². The molecule has 1 saturated heterocycles. The molecule has 0 radical (unpaired) electrons. The van der Waals surface area contributed by atoms with E-state index in [1.807, 2.05) is 11.8 Å². The van der Waals surface area contributed by atoms with Crippen LogP contribution in [0.1, 0.15) is 26.7 Å². The second-order valence-electron chi connectivity index (χ2n) is 3.70. The number of hydrogen-bond donors (Lipinski definition) is 1. The van der Waals surface area contributed by atoms with Gasteiger partial charge < -0.3 is 5.11 Å². The largest absolute Gasteiger partial charge is 0.481 e. The molecule has 0 aromatic rings. The molecule has 2 unspecified atom stereocenters. The Morgan fingerprint density at radius 3 is 2.79 bits per heavy atom. The molecule has 0 bridgehead atoms. The summed E-state index contributed by atoms with van der Waals surface area (Å²) in [5.74, 6) is 0.525. The summed E-state index contributed by atoms with van der Waals surface area (Å²) >= 11 is 1.99. The zero-order chi connectivity index (χ0) is 10.6. The van der Waals surface area contributed by atoms with Crippen molar-refractivity contribution in [2.75, 3.05) is 18.8 Å². The van der Waals surface area contributed by atoms with Gasteiger partial charge in [-0.3, -0.25) is 9.69 Å². The quantitative estimate of drug-likeness (QED) is 0.760. The molecule has 1 fully saturated rings. The number of rotatable bonds is 5. The van der Waals surface area contributed by atoms with Crippen molar-refractivity contribution in [1.29, 1.82) is 0 Å². The Bertz CT molecular complexity index is 199. The molecule has 1 heterocycles. The van der Waals surface area contributed by atoms with Crippen LogP contribution in [0.4, 0.5) is 0 Å². The van der Waals surface area contributed by atoms with Gasteiger partial charge in [0.05, 0.1) is 6.42 Å². The first kappa shape index (κ1) is 11.9. The first-order valence-electron chi connectivity index (χ1n) is 5.22. The molecule has 0 aliphatic carbocycles. The van der Waals surface area contributed by atoms with Gasteiger partial charge in [0.2, 0.25) is 0 Å². The highest BCUT2D eigenvalue weighted by Crippen LogP contribution is 2.30. The predicted molar refractivity (Wildman–Crippen MR) is 59.8 cm³/mol. The van der Waals surface area contributed by atoms with Crippen LogP contribution in [0, 0.1) is 0 Å². The molecule has 2 atom stereocenters. The molecule has 0 spiro atoms. The van der Waals surface area contributed by atoms with E-state index >= 15 is 0 Å². The van der Waals surface area contributed by atoms with E-state index < -0.39 is 5.97 Å². The fourth-order valence-corrected chi connectivity index (χ4v) is 3.28. The molecule has 14 heavy (non-hydrogen) atoms. The lowest BCUT2D eigenvalue weighted by molar-refractivity contribution is -0.137. The van der Waals surface area contributed by atoms with Crippen molar-refractivity contribution < 1.29 is 9.90 Å². The summed E-state index contributed by atoms with van der Waals surface area (Å²) in [6.45, 7) is 6.01. The Balaban J connectivity index is 2.40. The van der Waals surface area contributed by atoms with Gasteiger partial charge in [0.15, 0.2) is 0 Å². The summed E-state index contributed by atoms with van der Waals surface area (Å²) in [5.41, 5.74) is 0. The van der Waals surface area contributed by atoms with Crippen molar-refractivity contribution in [1.82, 2.24) is 4.90 Å². The Morgan fingerprint density at radius 2 is 2.36 bits per heavy atom. The summed E-state index contributed by atoms with van der Waals surface area (Å²) in [6, 6.07) is 0.587. The van der Waals surface area contributed by atoms with Crippen LogP contribution in [0.15, 0.2) is 0 Å². The summed E-state index contributed by atoms with van der Waals surface area (Å²) in [5, 5.41) is 9.29. The Kier molecular flexibility index (Phi) is 4.75. The van der Waals surface area contributed by atoms with E-state index in [1.54, 1.807) is 0 Å². The van der Waals surface area contributed by atoms with Gasteiger partial charge in [-0.2, -0.15) is 11.8 Å². The van der Waals surface area contributed by atoms with Crippen LogP contribution in [-0.2, 0) is 4.79 Å². The minimum atomic E-state index is -0.693. The molecule has 0 aromatic heterocycles. The number of carboxylic acid groups (broad SMARTS) is 1. The summed E-state index contributed by atoms with van der Waals surface area (Å²) < 4.78 is 0. The SMILES string of the molecule is CCN(CCC(=O)O)C1CCSC1C. The van der Waals surface area contributed by atoms with Gasteiger partial charge in [0.25, 0.3) is 0 Å². The maximum absolute atomic E-state index is 10.5. The normalized spacial score (nSPS) is 27.1. The monoisotopic (exact) mass is 217 g/mol. The van der Waals surface area contributed by atoms with Crippen LogP contribution in [0.2, 0.25) is 0 Å². The van der Waals surface area contributed by atoms with Crippen molar-refractivity contribution in [2.45, 2.75) is 38.0 Å². The second-order valence-corrected chi connectivity index (χ2v) is 5.19. The second kappa shape index (κ2) is 5.61. The standard InChI is InChI=1S/C10H19NO2S/c1-3-11(6-4-10(12)13)9-5-7-14-8(9)2/h8-9H,3-7H2,1-2H3,(H,12,13). The first-order chi connectivity index (χ1) is 6.65. The molecular weight excluding hydrogens is 198 g/mol. The van der Waals surface area contributed by atoms with E-state index in [0.717, 1.165) is 6.54 Å². The van der Waals surface area contributed by atoms with E-state index in [4.69, 9.17) is 5.11 Å². The third kappa shape index (κ3) is 3.17. The first-order valence-corrected chi connectivity index (χ1v) is 6.27. The average Bonchev–Trinajstić information content (AvgIpc) is 2.53. The number of carbonyl (C=O) groups is 1. The van der Waals surface area contributed by atoms with Gasteiger partial charge in [-0.25, -0.2) is 0 Å². The van der Waals surface area contributed by atoms with E-state index in [2.05, 4.69) is 18.7 Å². The number of aliphatic carboxylic acids is 1. The van der Waals surface area contributed by atoms with Crippen molar-refractivity contribution in [3.8, 4) is 0 Å². The van der Waals surface area contributed by atoms with E-state index in [9.17, 15) is 4.79 Å². The van der Waals surface area contributed by atoms with Crippen molar-refractivity contribution in [3.63, 3.8) is 0 Å². The van der Waals surface area contributed by atoms with Gasteiger partial charge in [0.1, 0.15) is 0 Å². The van der Waals surface area contributed by atoms with Crippen molar-refractivity contribution >= 4 is 17.7 Å². The average molecular weight is 217 g/mol. The number of nitrogens with zero attached hydrogens (tertiary/aromatic N) is 1. The molecule has 1 aliphatic rings. The number of hydrogen-bond acceptors (Lipinski definition) is 3. The summed E-state index contributed by atoms with van der Waals surface area (Å²) in [4.78, 5) is 12.8. The third-order valence-electron chi connectivity index (χ3n) is 2.82. The Labute approximate surface area is 89.9 Å². The third-order valence-corrected chi connectivity index (χ3v) is 4.14. The van der Waals surface area contributed by atoms with E-state index in [1.165, 1.54) is 12.2 Å². The van der Waals surface area contributed by atoms with Crippen molar-refractivity contribution in [3.05, 3.63) is 0 Å². The van der Waals surface area contributed by atoms with E-state index in [0.29, 0.717) is 17.8 Å². The van der Waals surface area contributed by atoms with Crippen LogP contribution < -0.4 is 0 Å². The minimum absolute atomic E-state index is 0.266. The van der Waals surface area contributed by atoms with Crippen LogP contribution in [-0.4, -0.2) is 46.1 Å². The van der Waals surface area contributed by atoms with Gasteiger partial charge >= 0.3 is 5.97 Å². The van der Waals surface area contributed by atoms with E-state index in [-0.39, 0.29) is 6.42 Å². The molecular formula is C10H19NO2S. The van der Waals surface area contributed by atoms with Crippen LogP contribution in [0.3, 0.4) is 0 Å². The van der Waals surface area contributed by atoms with Crippen LogP contribution in [0.5, 0.6) is 0 Å². The summed E-state index contributed by atoms with van der Waals surface area (Å²) in [6.07, 6.45) is 1.47.